The van der Waals surface area contributed by atoms with E-state index in [1.54, 1.807) is 0 Å². The average molecular weight is 522 g/mol. The third kappa shape index (κ3) is 6.08. The first-order valence-electron chi connectivity index (χ1n) is 10.6. The highest BCUT2D eigenvalue weighted by Crippen LogP contribution is 2.32. The molecule has 0 aromatic heterocycles. The van der Waals surface area contributed by atoms with Gasteiger partial charge in [-0.15, -0.1) is 0 Å². The Labute approximate surface area is 198 Å². The molecule has 0 bridgehead atoms. The van der Waals surface area contributed by atoms with Crippen LogP contribution in [-0.4, -0.2) is 174 Å². The molecular formula is C18H34O17. The average Bonchev–Trinajstić information content (AvgIpc) is 2.83. The van der Waals surface area contributed by atoms with Gasteiger partial charge in [0.2, 0.25) is 0 Å². The topological polar surface area (TPSA) is 300 Å². The number of aliphatic hydroxyl groups excluding tert-OH is 11. The fourth-order valence-electron chi connectivity index (χ4n) is 4.06. The molecule has 15 unspecified atom stereocenters. The van der Waals surface area contributed by atoms with E-state index in [1.165, 1.54) is 0 Å². The molecule has 17 nitrogen and oxygen atoms in total. The lowest BCUT2D eigenvalue weighted by Crippen LogP contribution is -2.66. The second kappa shape index (κ2) is 12.7. The number of aliphatic hydroxyl groups is 11. The minimum Gasteiger partial charge on any atom is -0.412 e. The Morgan fingerprint density at radius 1 is 0.457 bits per heavy atom. The van der Waals surface area contributed by atoms with Crippen LogP contribution in [0.25, 0.3) is 0 Å². The van der Waals surface area contributed by atoms with Crippen LogP contribution in [0, 0.1) is 0 Å². The van der Waals surface area contributed by atoms with Crippen molar-refractivity contribution in [2.45, 2.75) is 92.1 Å². The molecule has 0 aromatic rings. The van der Waals surface area contributed by atoms with Gasteiger partial charge in [0.25, 0.3) is 0 Å². The molecule has 3 rings (SSSR count). The van der Waals surface area contributed by atoms with Crippen LogP contribution in [0.15, 0.2) is 0 Å². The van der Waals surface area contributed by atoms with Crippen LogP contribution in [0.2, 0.25) is 0 Å². The van der Waals surface area contributed by atoms with Crippen molar-refractivity contribution in [2.24, 2.45) is 0 Å². The number of hydrogen-bond donors (Lipinski definition) is 11. The molecule has 0 amide bonds. The molecule has 3 aliphatic heterocycles. The first-order chi connectivity index (χ1) is 16.0. The number of ether oxygens (including phenoxy) is 5. The van der Waals surface area contributed by atoms with Gasteiger partial charge in [-0.05, 0) is 0 Å². The van der Waals surface area contributed by atoms with E-state index in [1.807, 2.05) is 0 Å². The summed E-state index contributed by atoms with van der Waals surface area (Å²) in [6.45, 7) is -2.32. The van der Waals surface area contributed by atoms with Crippen LogP contribution < -0.4 is 0 Å². The number of hydrogen-bond acceptors (Lipinski definition) is 16. The maximum absolute atomic E-state index is 10.6. The van der Waals surface area contributed by atoms with Gasteiger partial charge in [-0.3, -0.25) is 0 Å². The monoisotopic (exact) mass is 522 g/mol. The van der Waals surface area contributed by atoms with Gasteiger partial charge < -0.3 is 85.3 Å². The fraction of sp³-hybridized carbons (Fsp3) is 1.00. The van der Waals surface area contributed by atoms with E-state index >= 15 is 0 Å². The zero-order valence-corrected chi connectivity index (χ0v) is 18.2. The van der Waals surface area contributed by atoms with Crippen molar-refractivity contribution in [3.8, 4) is 0 Å². The van der Waals surface area contributed by atoms with Gasteiger partial charge in [-0.2, -0.15) is 0 Å². The van der Waals surface area contributed by atoms with E-state index in [0.29, 0.717) is 0 Å². The van der Waals surface area contributed by atoms with Crippen molar-refractivity contribution in [1.29, 1.82) is 0 Å². The predicted octanol–water partition coefficient (Wildman–Crippen LogP) is -8.40. The smallest absolute Gasteiger partial charge is 0.187 e. The molecule has 208 valence electrons. The second-order valence-electron chi connectivity index (χ2n) is 8.33. The van der Waals surface area contributed by atoms with Gasteiger partial charge >= 0.3 is 0 Å². The Morgan fingerprint density at radius 2 is 0.857 bits per heavy atom. The van der Waals surface area contributed by atoms with E-state index in [9.17, 15) is 56.2 Å². The highest BCUT2D eigenvalue weighted by molar-refractivity contribution is 4.96. The summed E-state index contributed by atoms with van der Waals surface area (Å²) >= 11 is 0. The molecule has 13 N–H and O–H groups in total. The maximum Gasteiger partial charge on any atom is 0.187 e. The van der Waals surface area contributed by atoms with Gasteiger partial charge in [0.1, 0.15) is 73.2 Å². The predicted molar refractivity (Wildman–Crippen MR) is 105 cm³/mol. The SMILES string of the molecule is O.OCC1OC(OC2C(CO)OC(OC3C(CO)OC(O)C(O)C3O)C(O)C2O)C(O)C(O)C1O. The molecule has 15 atom stereocenters. The van der Waals surface area contributed by atoms with Gasteiger partial charge in [-0.25, -0.2) is 0 Å². The summed E-state index contributed by atoms with van der Waals surface area (Å²) in [6, 6.07) is 0. The molecular weight excluding hydrogens is 488 g/mol. The van der Waals surface area contributed by atoms with Crippen molar-refractivity contribution in [3.05, 3.63) is 0 Å². The number of rotatable bonds is 7. The van der Waals surface area contributed by atoms with Crippen molar-refractivity contribution in [3.63, 3.8) is 0 Å². The molecule has 35 heavy (non-hydrogen) atoms. The summed E-state index contributed by atoms with van der Waals surface area (Å²) in [5.74, 6) is 0. The van der Waals surface area contributed by atoms with Crippen molar-refractivity contribution in [2.75, 3.05) is 19.8 Å². The van der Waals surface area contributed by atoms with E-state index < -0.39 is 112 Å². The first-order valence-corrected chi connectivity index (χ1v) is 10.6. The minimum absolute atomic E-state index is 0. The van der Waals surface area contributed by atoms with Gasteiger partial charge in [0.05, 0.1) is 19.8 Å². The maximum atomic E-state index is 10.6. The summed E-state index contributed by atoms with van der Waals surface area (Å²) in [4.78, 5) is 0. The third-order valence-electron chi connectivity index (χ3n) is 6.09. The lowest BCUT2D eigenvalue weighted by Gasteiger charge is -2.47. The van der Waals surface area contributed by atoms with E-state index in [4.69, 9.17) is 23.7 Å². The largest absolute Gasteiger partial charge is 0.412 e. The Hall–Kier alpha value is -0.680. The quantitative estimate of drug-likeness (QED) is 0.148. The van der Waals surface area contributed by atoms with Crippen LogP contribution >= 0.6 is 0 Å². The molecule has 3 heterocycles. The standard InChI is InChI=1S/C18H32O16.H2O/c19-1-4-7(22)8(23)12(27)17(31-4)34-15-6(3-21)32-18(13(28)10(15)25)33-14-5(2-20)30-16(29)11(26)9(14)24;/h4-29H,1-3H2;1H2. The zero-order valence-electron chi connectivity index (χ0n) is 18.2. The first kappa shape index (κ1) is 30.5. The van der Waals surface area contributed by atoms with Crippen molar-refractivity contribution in [1.82, 2.24) is 0 Å². The summed E-state index contributed by atoms with van der Waals surface area (Å²) in [5, 5.41) is 109. The van der Waals surface area contributed by atoms with E-state index in [2.05, 4.69) is 0 Å². The minimum atomic E-state index is -1.91. The third-order valence-corrected chi connectivity index (χ3v) is 6.09. The molecule has 0 saturated carbocycles. The summed E-state index contributed by atoms with van der Waals surface area (Å²) < 4.78 is 26.4. The van der Waals surface area contributed by atoms with Crippen LogP contribution in [-0.2, 0) is 23.7 Å². The van der Waals surface area contributed by atoms with Crippen LogP contribution in [0.5, 0.6) is 0 Å². The van der Waals surface area contributed by atoms with E-state index in [-0.39, 0.29) is 5.48 Å². The molecule has 0 radical (unpaired) electrons. The van der Waals surface area contributed by atoms with Gasteiger partial charge in [0, 0.05) is 0 Å². The highest BCUT2D eigenvalue weighted by Gasteiger charge is 2.53. The van der Waals surface area contributed by atoms with Crippen molar-refractivity contribution < 1.29 is 85.3 Å². The molecule has 0 aliphatic carbocycles. The van der Waals surface area contributed by atoms with Gasteiger partial charge in [-0.1, -0.05) is 0 Å². The lowest BCUT2D eigenvalue weighted by atomic mass is 9.96. The van der Waals surface area contributed by atoms with E-state index in [0.717, 1.165) is 0 Å². The Kier molecular flexibility index (Phi) is 11.1. The molecule has 0 spiro atoms. The zero-order chi connectivity index (χ0) is 25.3. The summed E-state index contributed by atoms with van der Waals surface area (Å²) in [7, 11) is 0. The van der Waals surface area contributed by atoms with Crippen LogP contribution in [0.3, 0.4) is 0 Å². The Bertz CT molecular complexity index is 636. The Morgan fingerprint density at radius 3 is 1.34 bits per heavy atom. The second-order valence-corrected chi connectivity index (χ2v) is 8.33. The fourth-order valence-corrected chi connectivity index (χ4v) is 4.06. The molecule has 3 fully saturated rings. The molecule has 0 aromatic carbocycles. The van der Waals surface area contributed by atoms with Crippen molar-refractivity contribution >= 4 is 0 Å². The summed E-state index contributed by atoms with van der Waals surface area (Å²) in [6.07, 6.45) is -25.1. The van der Waals surface area contributed by atoms with Crippen LogP contribution in [0.1, 0.15) is 0 Å². The molecule has 3 saturated heterocycles. The highest BCUT2D eigenvalue weighted by atomic mass is 16.8. The normalized spacial score (nSPS) is 51.0. The van der Waals surface area contributed by atoms with Gasteiger partial charge in [0.15, 0.2) is 18.9 Å². The molecule has 17 heteroatoms. The summed E-state index contributed by atoms with van der Waals surface area (Å²) in [5.41, 5.74) is 0. The molecule has 3 aliphatic rings. The van der Waals surface area contributed by atoms with Crippen LogP contribution in [0.4, 0.5) is 0 Å². The Balaban J connectivity index is 0.00000432. The lowest BCUT2D eigenvalue weighted by molar-refractivity contribution is -0.377.